The van der Waals surface area contributed by atoms with Crippen LogP contribution in [0.15, 0.2) is 0 Å². The Morgan fingerprint density at radius 3 is 2.14 bits per heavy atom. The number of hydrogen-bond acceptors (Lipinski definition) is 3. The first-order valence-corrected chi connectivity index (χ1v) is 5.72. The zero-order valence-corrected chi connectivity index (χ0v) is 9.46. The van der Waals surface area contributed by atoms with Crippen molar-refractivity contribution in [1.29, 1.82) is 0 Å². The summed E-state index contributed by atoms with van der Waals surface area (Å²) in [6.45, 7) is 10.4. The summed E-state index contributed by atoms with van der Waals surface area (Å²) in [5.41, 5.74) is 0. The maximum absolute atomic E-state index is 11.2. The van der Waals surface area contributed by atoms with Gasteiger partial charge in [-0.15, -0.1) is 0 Å². The van der Waals surface area contributed by atoms with Crippen LogP contribution in [0.5, 0.6) is 0 Å². The van der Waals surface area contributed by atoms with Gasteiger partial charge in [0.1, 0.15) is 5.78 Å². The van der Waals surface area contributed by atoms with Crippen LogP contribution in [0.1, 0.15) is 26.7 Å². The minimum Gasteiger partial charge on any atom is -0.301 e. The first-order valence-electron chi connectivity index (χ1n) is 5.72. The summed E-state index contributed by atoms with van der Waals surface area (Å²) in [5, 5.41) is 0. The van der Waals surface area contributed by atoms with Crippen LogP contribution < -0.4 is 0 Å². The maximum Gasteiger partial charge on any atom is 0.146 e. The number of ketones is 1. The summed E-state index contributed by atoms with van der Waals surface area (Å²) in [7, 11) is 0. The van der Waals surface area contributed by atoms with Crippen molar-refractivity contribution < 1.29 is 4.79 Å². The summed E-state index contributed by atoms with van der Waals surface area (Å²) < 4.78 is 0. The topological polar surface area (TPSA) is 23.6 Å². The molecule has 1 heterocycles. The molecule has 0 saturated carbocycles. The lowest BCUT2D eigenvalue weighted by atomic mass is 10.2. The number of hydrogen-bond donors (Lipinski definition) is 0. The number of piperazine rings is 1. The van der Waals surface area contributed by atoms with E-state index in [0.29, 0.717) is 18.7 Å². The second-order valence-electron chi connectivity index (χ2n) is 4.01. The smallest absolute Gasteiger partial charge is 0.146 e. The molecule has 82 valence electrons. The Morgan fingerprint density at radius 2 is 1.64 bits per heavy atom. The molecule has 3 heteroatoms. The van der Waals surface area contributed by atoms with Gasteiger partial charge in [-0.25, -0.2) is 0 Å². The van der Waals surface area contributed by atoms with Gasteiger partial charge in [-0.2, -0.15) is 0 Å². The quantitative estimate of drug-likeness (QED) is 0.658. The zero-order chi connectivity index (χ0) is 10.4. The first-order chi connectivity index (χ1) is 6.76. The predicted molar refractivity (Wildman–Crippen MR) is 58.5 cm³/mol. The largest absolute Gasteiger partial charge is 0.301 e. The Kier molecular flexibility index (Phi) is 5.12. The molecule has 0 N–H and O–H groups in total. The Labute approximate surface area is 87.1 Å². The highest BCUT2D eigenvalue weighted by atomic mass is 16.1. The van der Waals surface area contributed by atoms with Crippen LogP contribution in [0.2, 0.25) is 0 Å². The molecule has 1 fully saturated rings. The van der Waals surface area contributed by atoms with Crippen LogP contribution in [0.4, 0.5) is 0 Å². The van der Waals surface area contributed by atoms with Crippen LogP contribution in [-0.4, -0.2) is 54.9 Å². The summed E-state index contributed by atoms with van der Waals surface area (Å²) in [5.74, 6) is 0.369. The van der Waals surface area contributed by atoms with Crippen molar-refractivity contribution in [3.8, 4) is 0 Å². The van der Waals surface area contributed by atoms with Crippen LogP contribution in [-0.2, 0) is 4.79 Å². The van der Waals surface area contributed by atoms with E-state index in [1.807, 2.05) is 6.92 Å². The second-order valence-corrected chi connectivity index (χ2v) is 4.01. The van der Waals surface area contributed by atoms with E-state index < -0.39 is 0 Å². The lowest BCUT2D eigenvalue weighted by molar-refractivity contribution is -0.120. The number of Topliss-reactive ketones (excluding diaryl/α,β-unsaturated/α-hetero) is 1. The fraction of sp³-hybridized carbons (Fsp3) is 0.909. The second kappa shape index (κ2) is 6.14. The fourth-order valence-corrected chi connectivity index (χ4v) is 1.85. The third kappa shape index (κ3) is 3.76. The molecule has 0 radical (unpaired) electrons. The van der Waals surface area contributed by atoms with E-state index in [-0.39, 0.29) is 0 Å². The van der Waals surface area contributed by atoms with E-state index in [1.165, 1.54) is 13.0 Å². The van der Waals surface area contributed by atoms with Crippen molar-refractivity contribution in [2.24, 2.45) is 0 Å². The van der Waals surface area contributed by atoms with Crippen LogP contribution in [0.25, 0.3) is 0 Å². The van der Waals surface area contributed by atoms with Gasteiger partial charge < -0.3 is 4.90 Å². The van der Waals surface area contributed by atoms with Crippen LogP contribution in [0, 0.1) is 0 Å². The van der Waals surface area contributed by atoms with Crippen molar-refractivity contribution in [1.82, 2.24) is 9.80 Å². The lowest BCUT2D eigenvalue weighted by Gasteiger charge is -2.34. The van der Waals surface area contributed by atoms with Gasteiger partial charge in [-0.05, 0) is 13.0 Å². The molecule has 0 aromatic rings. The van der Waals surface area contributed by atoms with Crippen molar-refractivity contribution in [3.05, 3.63) is 0 Å². The van der Waals surface area contributed by atoms with Gasteiger partial charge in [0.05, 0.1) is 6.54 Å². The monoisotopic (exact) mass is 198 g/mol. The molecule has 0 unspecified atom stereocenters. The SMILES string of the molecule is CCCN1CCN(CC(=O)CC)CC1. The van der Waals surface area contributed by atoms with E-state index in [2.05, 4.69) is 16.7 Å². The standard InChI is InChI=1S/C11H22N2O/c1-3-5-12-6-8-13(9-7-12)10-11(14)4-2/h3-10H2,1-2H3. The van der Waals surface area contributed by atoms with Crippen molar-refractivity contribution in [2.45, 2.75) is 26.7 Å². The fourth-order valence-electron chi connectivity index (χ4n) is 1.85. The molecule has 0 atom stereocenters. The van der Waals surface area contributed by atoms with Gasteiger partial charge >= 0.3 is 0 Å². The molecule has 14 heavy (non-hydrogen) atoms. The zero-order valence-electron chi connectivity index (χ0n) is 9.46. The van der Waals surface area contributed by atoms with Crippen LogP contribution in [0.3, 0.4) is 0 Å². The molecule has 0 aromatic carbocycles. The highest BCUT2D eigenvalue weighted by Gasteiger charge is 2.17. The highest BCUT2D eigenvalue weighted by Crippen LogP contribution is 2.02. The van der Waals surface area contributed by atoms with Gasteiger partial charge in [0, 0.05) is 32.6 Å². The molecule has 0 bridgehead atoms. The molecular weight excluding hydrogens is 176 g/mol. The van der Waals surface area contributed by atoms with Crippen molar-refractivity contribution >= 4 is 5.78 Å². The summed E-state index contributed by atoms with van der Waals surface area (Å²) in [6, 6.07) is 0. The van der Waals surface area contributed by atoms with Gasteiger partial charge in [0.25, 0.3) is 0 Å². The molecule has 1 saturated heterocycles. The number of carbonyl (C=O) groups is 1. The summed E-state index contributed by atoms with van der Waals surface area (Å²) >= 11 is 0. The molecule has 0 aromatic heterocycles. The minimum atomic E-state index is 0.369. The van der Waals surface area contributed by atoms with E-state index in [9.17, 15) is 4.79 Å². The Bertz CT molecular complexity index is 174. The average Bonchev–Trinajstić information content (AvgIpc) is 2.21. The van der Waals surface area contributed by atoms with Gasteiger partial charge in [-0.1, -0.05) is 13.8 Å². The predicted octanol–water partition coefficient (Wildman–Crippen LogP) is 0.993. The number of rotatable bonds is 5. The van der Waals surface area contributed by atoms with Gasteiger partial charge in [0.2, 0.25) is 0 Å². The molecule has 0 aliphatic carbocycles. The molecule has 0 amide bonds. The van der Waals surface area contributed by atoms with E-state index >= 15 is 0 Å². The molecular formula is C11H22N2O. The molecule has 1 aliphatic rings. The number of nitrogens with zero attached hydrogens (tertiary/aromatic N) is 2. The third-order valence-corrected chi connectivity index (χ3v) is 2.80. The number of carbonyl (C=O) groups excluding carboxylic acids is 1. The van der Waals surface area contributed by atoms with Gasteiger partial charge in [0.15, 0.2) is 0 Å². The lowest BCUT2D eigenvalue weighted by Crippen LogP contribution is -2.47. The maximum atomic E-state index is 11.2. The molecule has 1 rings (SSSR count). The van der Waals surface area contributed by atoms with E-state index in [4.69, 9.17) is 0 Å². The van der Waals surface area contributed by atoms with Crippen molar-refractivity contribution in [2.75, 3.05) is 39.3 Å². The summed E-state index contributed by atoms with van der Waals surface area (Å²) in [4.78, 5) is 16.0. The Balaban J connectivity index is 2.18. The normalized spacial score (nSPS) is 19.9. The van der Waals surface area contributed by atoms with Crippen molar-refractivity contribution in [3.63, 3.8) is 0 Å². The highest BCUT2D eigenvalue weighted by molar-refractivity contribution is 5.80. The van der Waals surface area contributed by atoms with E-state index in [0.717, 1.165) is 26.2 Å². The molecule has 0 spiro atoms. The Morgan fingerprint density at radius 1 is 1.07 bits per heavy atom. The van der Waals surface area contributed by atoms with Crippen LogP contribution >= 0.6 is 0 Å². The molecule has 1 aliphatic heterocycles. The summed E-state index contributed by atoms with van der Waals surface area (Å²) in [6.07, 6.45) is 1.91. The van der Waals surface area contributed by atoms with Gasteiger partial charge in [-0.3, -0.25) is 9.69 Å². The first kappa shape index (κ1) is 11.7. The average molecular weight is 198 g/mol. The minimum absolute atomic E-state index is 0.369. The van der Waals surface area contributed by atoms with E-state index in [1.54, 1.807) is 0 Å². The third-order valence-electron chi connectivity index (χ3n) is 2.80. The molecule has 3 nitrogen and oxygen atoms in total. The Hall–Kier alpha value is -0.410.